The topological polar surface area (TPSA) is 64.9 Å². The summed E-state index contributed by atoms with van der Waals surface area (Å²) >= 11 is 0. The first kappa shape index (κ1) is 11.4. The molecule has 94 valence electrons. The second-order valence-corrected chi connectivity index (χ2v) is 5.22. The van der Waals surface area contributed by atoms with Crippen molar-refractivity contribution in [1.82, 2.24) is 10.1 Å². The molecular formula is C14H17N3O. The molecule has 1 aliphatic rings. The Labute approximate surface area is 106 Å². The van der Waals surface area contributed by atoms with Crippen molar-refractivity contribution in [3.63, 3.8) is 0 Å². The van der Waals surface area contributed by atoms with Crippen molar-refractivity contribution in [2.75, 3.05) is 6.54 Å². The zero-order valence-electron chi connectivity index (χ0n) is 10.5. The molecule has 0 radical (unpaired) electrons. The van der Waals surface area contributed by atoms with Crippen molar-refractivity contribution < 1.29 is 4.52 Å². The molecule has 0 atom stereocenters. The number of nitrogens with zero attached hydrogens (tertiary/aromatic N) is 2. The molecule has 1 heterocycles. The fourth-order valence-corrected chi connectivity index (χ4v) is 2.02. The molecule has 1 aromatic carbocycles. The summed E-state index contributed by atoms with van der Waals surface area (Å²) in [7, 11) is 0. The van der Waals surface area contributed by atoms with Gasteiger partial charge in [-0.1, -0.05) is 24.2 Å². The zero-order chi connectivity index (χ0) is 12.6. The van der Waals surface area contributed by atoms with Gasteiger partial charge in [0.25, 0.3) is 5.89 Å². The number of hydrogen-bond acceptors (Lipinski definition) is 4. The van der Waals surface area contributed by atoms with Gasteiger partial charge < -0.3 is 10.3 Å². The molecular weight excluding hydrogens is 226 g/mol. The summed E-state index contributed by atoms with van der Waals surface area (Å²) < 4.78 is 5.36. The highest BCUT2D eigenvalue weighted by Gasteiger charge is 2.43. The predicted octanol–water partition coefficient (Wildman–Crippen LogP) is 2.29. The van der Waals surface area contributed by atoms with Gasteiger partial charge in [-0.25, -0.2) is 0 Å². The molecule has 2 aromatic rings. The van der Waals surface area contributed by atoms with Gasteiger partial charge in [-0.3, -0.25) is 0 Å². The zero-order valence-corrected chi connectivity index (χ0v) is 10.5. The van der Waals surface area contributed by atoms with Gasteiger partial charge in [0.2, 0.25) is 0 Å². The van der Waals surface area contributed by atoms with E-state index in [-0.39, 0.29) is 5.41 Å². The van der Waals surface area contributed by atoms with Crippen LogP contribution >= 0.6 is 0 Å². The number of nitrogens with two attached hydrogens (primary N) is 1. The van der Waals surface area contributed by atoms with Crippen molar-refractivity contribution in [2.24, 2.45) is 5.73 Å². The first-order chi connectivity index (χ1) is 8.71. The smallest absolute Gasteiger partial charge is 0.257 e. The Morgan fingerprint density at radius 3 is 2.94 bits per heavy atom. The Morgan fingerprint density at radius 1 is 1.39 bits per heavy atom. The summed E-state index contributed by atoms with van der Waals surface area (Å²) in [5.74, 6) is 1.44. The summed E-state index contributed by atoms with van der Waals surface area (Å²) in [6.07, 6.45) is 3.17. The molecule has 0 saturated heterocycles. The van der Waals surface area contributed by atoms with Gasteiger partial charge in [0, 0.05) is 11.0 Å². The Bertz CT molecular complexity index is 558. The summed E-state index contributed by atoms with van der Waals surface area (Å²) in [4.78, 5) is 4.51. The van der Waals surface area contributed by atoms with Crippen LogP contribution in [0.15, 0.2) is 28.8 Å². The van der Waals surface area contributed by atoms with Crippen molar-refractivity contribution in [3.8, 4) is 11.5 Å². The van der Waals surface area contributed by atoms with Crippen LogP contribution in [0, 0.1) is 0 Å². The molecule has 0 aliphatic heterocycles. The second kappa shape index (κ2) is 4.21. The highest BCUT2D eigenvalue weighted by Crippen LogP contribution is 2.46. The molecule has 3 rings (SSSR count). The van der Waals surface area contributed by atoms with Crippen LogP contribution in [0.1, 0.15) is 31.2 Å². The van der Waals surface area contributed by atoms with Crippen molar-refractivity contribution in [2.45, 2.75) is 31.6 Å². The molecule has 1 fully saturated rings. The molecule has 18 heavy (non-hydrogen) atoms. The summed E-state index contributed by atoms with van der Waals surface area (Å²) in [5.41, 5.74) is 7.89. The van der Waals surface area contributed by atoms with Gasteiger partial charge in [-0.2, -0.15) is 4.98 Å². The van der Waals surface area contributed by atoms with Gasteiger partial charge in [0.1, 0.15) is 0 Å². The van der Waals surface area contributed by atoms with Crippen LogP contribution in [-0.2, 0) is 11.8 Å². The lowest BCUT2D eigenvalue weighted by Gasteiger charge is -2.00. The number of rotatable bonds is 4. The first-order valence-corrected chi connectivity index (χ1v) is 6.35. The third-order valence-electron chi connectivity index (χ3n) is 3.57. The predicted molar refractivity (Wildman–Crippen MR) is 69.1 cm³/mol. The van der Waals surface area contributed by atoms with E-state index in [1.807, 2.05) is 12.1 Å². The van der Waals surface area contributed by atoms with Gasteiger partial charge >= 0.3 is 0 Å². The van der Waals surface area contributed by atoms with E-state index in [9.17, 15) is 0 Å². The fourth-order valence-electron chi connectivity index (χ4n) is 2.02. The standard InChI is InChI=1S/C14H17N3O/c1-14(6-7-14)13-16-12(18-17-13)11-4-2-3-10(9-11)5-8-15/h2-4,9H,5-8,15H2,1H3. The van der Waals surface area contributed by atoms with Crippen molar-refractivity contribution >= 4 is 0 Å². The molecule has 0 spiro atoms. The van der Waals surface area contributed by atoms with E-state index in [4.69, 9.17) is 10.3 Å². The van der Waals surface area contributed by atoms with Gasteiger partial charge in [-0.05, 0) is 43.5 Å². The number of benzene rings is 1. The Balaban J connectivity index is 1.89. The lowest BCUT2D eigenvalue weighted by Crippen LogP contribution is -2.02. The van der Waals surface area contributed by atoms with Crippen molar-refractivity contribution in [1.29, 1.82) is 0 Å². The van der Waals surface area contributed by atoms with Crippen LogP contribution in [-0.4, -0.2) is 16.7 Å². The lowest BCUT2D eigenvalue weighted by atomic mass is 10.1. The molecule has 1 aliphatic carbocycles. The monoisotopic (exact) mass is 243 g/mol. The highest BCUT2D eigenvalue weighted by atomic mass is 16.5. The van der Waals surface area contributed by atoms with Crippen LogP contribution in [0.2, 0.25) is 0 Å². The van der Waals surface area contributed by atoms with Gasteiger partial charge in [0.05, 0.1) is 0 Å². The third kappa shape index (κ3) is 2.04. The van der Waals surface area contributed by atoms with Crippen LogP contribution < -0.4 is 5.73 Å². The van der Waals surface area contributed by atoms with Crippen LogP contribution in [0.25, 0.3) is 11.5 Å². The summed E-state index contributed by atoms with van der Waals surface area (Å²) in [6, 6.07) is 8.13. The van der Waals surface area contributed by atoms with E-state index in [1.165, 1.54) is 5.56 Å². The van der Waals surface area contributed by atoms with Gasteiger partial charge in [-0.15, -0.1) is 0 Å². The Kier molecular flexibility index (Phi) is 2.67. The Hall–Kier alpha value is -1.68. The molecule has 1 saturated carbocycles. The van der Waals surface area contributed by atoms with E-state index < -0.39 is 0 Å². The summed E-state index contributed by atoms with van der Waals surface area (Å²) in [6.45, 7) is 2.82. The number of aromatic nitrogens is 2. The average Bonchev–Trinajstić information content (AvgIpc) is 2.95. The number of hydrogen-bond donors (Lipinski definition) is 1. The maximum atomic E-state index is 5.57. The molecule has 0 unspecified atom stereocenters. The summed E-state index contributed by atoms with van der Waals surface area (Å²) in [5, 5.41) is 4.09. The van der Waals surface area contributed by atoms with Crippen LogP contribution in [0.3, 0.4) is 0 Å². The van der Waals surface area contributed by atoms with E-state index in [2.05, 4.69) is 29.2 Å². The van der Waals surface area contributed by atoms with Crippen molar-refractivity contribution in [3.05, 3.63) is 35.7 Å². The lowest BCUT2D eigenvalue weighted by molar-refractivity contribution is 0.416. The minimum atomic E-state index is 0.149. The maximum absolute atomic E-state index is 5.57. The van der Waals surface area contributed by atoms with Crippen LogP contribution in [0.5, 0.6) is 0 Å². The SMILES string of the molecule is CC1(c2noc(-c3cccc(CCN)c3)n2)CC1. The fraction of sp³-hybridized carbons (Fsp3) is 0.429. The first-order valence-electron chi connectivity index (χ1n) is 6.35. The van der Waals surface area contributed by atoms with E-state index in [0.29, 0.717) is 12.4 Å². The van der Waals surface area contributed by atoms with E-state index >= 15 is 0 Å². The Morgan fingerprint density at radius 2 is 2.22 bits per heavy atom. The molecule has 4 heteroatoms. The quantitative estimate of drug-likeness (QED) is 0.894. The van der Waals surface area contributed by atoms with E-state index in [0.717, 1.165) is 30.7 Å². The van der Waals surface area contributed by atoms with Crippen LogP contribution in [0.4, 0.5) is 0 Å². The largest absolute Gasteiger partial charge is 0.334 e. The molecule has 4 nitrogen and oxygen atoms in total. The minimum absolute atomic E-state index is 0.149. The molecule has 0 amide bonds. The third-order valence-corrected chi connectivity index (χ3v) is 3.57. The van der Waals surface area contributed by atoms with E-state index in [1.54, 1.807) is 0 Å². The second-order valence-electron chi connectivity index (χ2n) is 5.22. The maximum Gasteiger partial charge on any atom is 0.257 e. The normalized spacial score (nSPS) is 16.8. The molecule has 1 aromatic heterocycles. The molecule has 0 bridgehead atoms. The highest BCUT2D eigenvalue weighted by molar-refractivity contribution is 5.54. The minimum Gasteiger partial charge on any atom is -0.334 e. The average molecular weight is 243 g/mol. The molecule has 2 N–H and O–H groups in total. The van der Waals surface area contributed by atoms with Gasteiger partial charge in [0.15, 0.2) is 5.82 Å².